The Kier molecular flexibility index (Phi) is 9.90. The molecular weight excluding hydrogens is 900 g/mol. The van der Waals surface area contributed by atoms with Gasteiger partial charge in [-0.2, -0.15) is 0 Å². The molecule has 0 radical (unpaired) electrons. The van der Waals surface area contributed by atoms with Crippen LogP contribution in [-0.2, 0) is 32.5 Å². The van der Waals surface area contributed by atoms with Crippen LogP contribution < -0.4 is 26.2 Å². The van der Waals surface area contributed by atoms with Crippen molar-refractivity contribution in [2.24, 2.45) is 0 Å². The van der Waals surface area contributed by atoms with Gasteiger partial charge in [0, 0.05) is 32.7 Å². The van der Waals surface area contributed by atoms with Crippen molar-refractivity contribution in [2.75, 3.05) is 9.80 Å². The maximum Gasteiger partial charge on any atom is 0.254 e. The molecule has 73 heavy (non-hydrogen) atoms. The minimum Gasteiger partial charge on any atom is -0.311 e. The summed E-state index contributed by atoms with van der Waals surface area (Å²) in [7, 11) is 0. The summed E-state index contributed by atoms with van der Waals surface area (Å²) in [6, 6.07) is 52.5. The average Bonchev–Trinajstić information content (AvgIpc) is 3.73. The minimum atomic E-state index is -0.150. The Balaban J connectivity index is 1.20. The molecule has 0 N–H and O–H groups in total. The van der Waals surface area contributed by atoms with E-state index in [2.05, 4.69) is 245 Å². The number of anilines is 6. The van der Waals surface area contributed by atoms with Gasteiger partial charge in [0.25, 0.3) is 6.71 Å². The Labute approximate surface area is 440 Å². The fraction of sp³-hybridized carbons (Fsp3) is 0.333. The van der Waals surface area contributed by atoms with Crippen LogP contribution in [0.25, 0.3) is 33.4 Å². The number of fused-ring (bicyclic) bond motifs is 10. The molecule has 0 amide bonds. The van der Waals surface area contributed by atoms with Gasteiger partial charge in [-0.3, -0.25) is 0 Å². The molecular formula is C69H71BN2S. The summed E-state index contributed by atoms with van der Waals surface area (Å²) in [5.74, 6) is 0. The van der Waals surface area contributed by atoms with Crippen LogP contribution in [0.2, 0.25) is 0 Å². The maximum atomic E-state index is 2.76. The van der Waals surface area contributed by atoms with Crippen LogP contribution >= 0.6 is 11.3 Å². The summed E-state index contributed by atoms with van der Waals surface area (Å²) < 4.78 is 1.39. The van der Waals surface area contributed by atoms with Crippen molar-refractivity contribution in [3.8, 4) is 11.1 Å². The molecule has 0 saturated heterocycles. The smallest absolute Gasteiger partial charge is 0.254 e. The lowest BCUT2D eigenvalue weighted by atomic mass is 9.32. The van der Waals surface area contributed by atoms with Crippen molar-refractivity contribution in [1.82, 2.24) is 0 Å². The second-order valence-corrected chi connectivity index (χ2v) is 27.8. The molecule has 7 aromatic carbocycles. The molecule has 5 aliphatic rings. The molecule has 366 valence electrons. The fourth-order valence-electron chi connectivity index (χ4n) is 13.9. The van der Waals surface area contributed by atoms with Crippen LogP contribution in [0.5, 0.6) is 0 Å². The molecule has 4 heterocycles. The van der Waals surface area contributed by atoms with E-state index in [9.17, 15) is 0 Å². The third kappa shape index (κ3) is 6.87. The first-order valence-electron chi connectivity index (χ1n) is 27.2. The van der Waals surface area contributed by atoms with E-state index in [4.69, 9.17) is 0 Å². The van der Waals surface area contributed by atoms with Gasteiger partial charge in [-0.1, -0.05) is 193 Å². The highest BCUT2D eigenvalue weighted by Crippen LogP contribution is 2.62. The summed E-state index contributed by atoms with van der Waals surface area (Å²) in [4.78, 5) is 5.49. The molecule has 2 nitrogen and oxygen atoms in total. The molecule has 1 atom stereocenters. The SMILES string of the molecule is CC(C)(C)c1ccc(N2c3cc(/C=C\c4ccccc4)cc4c3B(c3ccc5c6c3N4c3ccc(C(C)(C)C)cc3C6(C)CCC5(C)C)c3c2sc2cc4c(cc32)C(C)(C)CCC4(C)C)c(-c2ccccc2)c1. The molecule has 0 bridgehead atoms. The molecule has 1 aromatic heterocycles. The molecule has 8 aromatic rings. The molecule has 0 spiro atoms. The van der Waals surface area contributed by atoms with Crippen LogP contribution in [0.3, 0.4) is 0 Å². The van der Waals surface area contributed by atoms with Gasteiger partial charge in [0.2, 0.25) is 0 Å². The van der Waals surface area contributed by atoms with Crippen molar-refractivity contribution < 1.29 is 0 Å². The zero-order valence-electron chi connectivity index (χ0n) is 45.6. The van der Waals surface area contributed by atoms with E-state index in [0.29, 0.717) is 0 Å². The van der Waals surface area contributed by atoms with Crippen molar-refractivity contribution in [2.45, 2.75) is 148 Å². The second kappa shape index (κ2) is 15.5. The quantitative estimate of drug-likeness (QED) is 0.128. The highest BCUT2D eigenvalue weighted by atomic mass is 32.1. The second-order valence-electron chi connectivity index (χ2n) is 26.8. The van der Waals surface area contributed by atoms with Crippen LogP contribution in [0.4, 0.5) is 33.4 Å². The lowest BCUT2D eigenvalue weighted by molar-refractivity contribution is 0.332. The highest BCUT2D eigenvalue weighted by Gasteiger charge is 2.54. The standard InChI is InChI=1S/C69H71BN2S/c1-64(2,3)45-26-30-54(47(38-45)44-22-18-15-19-23-44)72-57-37-43(25-24-42-20-16-14-17-21-42)36-56-61(57)70(60-48-40-50-51(41-58(48)73-63(60)72)68(11,12)33-32-67(50,9)10)53-29-28-49-59-62(53)71(56)55-31-27-46(65(4,5)6)39-52(55)69(59,13)35-34-66(49,7)8/h14-31,36-41H,32-35H2,1-13H3/b25-24-. The van der Waals surface area contributed by atoms with Crippen LogP contribution in [0.1, 0.15) is 166 Å². The molecule has 2 aliphatic carbocycles. The Bertz CT molecular complexity index is 3650. The number of rotatable bonds is 4. The number of thiophene rings is 1. The Morgan fingerprint density at radius 1 is 0.493 bits per heavy atom. The molecule has 3 aliphatic heterocycles. The van der Waals surface area contributed by atoms with Crippen LogP contribution in [0.15, 0.2) is 133 Å². The average molecular weight is 971 g/mol. The van der Waals surface area contributed by atoms with Gasteiger partial charge in [0.15, 0.2) is 0 Å². The number of hydrogen-bond acceptors (Lipinski definition) is 3. The predicted octanol–water partition coefficient (Wildman–Crippen LogP) is 17.5. The third-order valence-electron chi connectivity index (χ3n) is 18.5. The summed E-state index contributed by atoms with van der Waals surface area (Å²) in [5, 5.41) is 2.76. The van der Waals surface area contributed by atoms with Crippen molar-refractivity contribution >= 4 is 90.1 Å². The molecule has 0 fully saturated rings. The minimum absolute atomic E-state index is 0.0114. The van der Waals surface area contributed by atoms with E-state index in [1.165, 1.54) is 128 Å². The fourth-order valence-corrected chi connectivity index (χ4v) is 15.2. The van der Waals surface area contributed by atoms with Crippen molar-refractivity contribution in [3.05, 3.63) is 184 Å². The highest BCUT2D eigenvalue weighted by molar-refractivity contribution is 7.26. The first-order valence-corrected chi connectivity index (χ1v) is 28.0. The van der Waals surface area contributed by atoms with Gasteiger partial charge >= 0.3 is 0 Å². The topological polar surface area (TPSA) is 6.48 Å². The molecule has 13 rings (SSSR count). The zero-order valence-corrected chi connectivity index (χ0v) is 46.4. The summed E-state index contributed by atoms with van der Waals surface area (Å²) in [6.45, 7) is 31.7. The maximum absolute atomic E-state index is 2.76. The van der Waals surface area contributed by atoms with Gasteiger partial charge < -0.3 is 9.80 Å². The first-order chi connectivity index (χ1) is 34.5. The Morgan fingerprint density at radius 3 is 1.74 bits per heavy atom. The zero-order chi connectivity index (χ0) is 50.9. The van der Waals surface area contributed by atoms with Crippen molar-refractivity contribution in [1.29, 1.82) is 0 Å². The lowest BCUT2D eigenvalue weighted by Gasteiger charge is -2.54. The van der Waals surface area contributed by atoms with Crippen LogP contribution in [-0.4, -0.2) is 6.71 Å². The van der Waals surface area contributed by atoms with Crippen LogP contribution in [0, 0.1) is 0 Å². The Hall–Kier alpha value is -6.10. The Morgan fingerprint density at radius 2 is 1.07 bits per heavy atom. The van der Waals surface area contributed by atoms with Gasteiger partial charge in [0.1, 0.15) is 0 Å². The van der Waals surface area contributed by atoms with Gasteiger partial charge in [0.05, 0.1) is 16.4 Å². The van der Waals surface area contributed by atoms with E-state index in [-0.39, 0.29) is 39.2 Å². The van der Waals surface area contributed by atoms with Gasteiger partial charge in [-0.15, -0.1) is 11.3 Å². The summed E-state index contributed by atoms with van der Waals surface area (Å²) in [6.07, 6.45) is 9.32. The normalized spacial score (nSPS) is 19.6. The van der Waals surface area contributed by atoms with E-state index in [1.807, 2.05) is 11.3 Å². The first kappa shape index (κ1) is 46.7. The van der Waals surface area contributed by atoms with E-state index in [1.54, 1.807) is 5.56 Å². The monoisotopic (exact) mass is 971 g/mol. The third-order valence-corrected chi connectivity index (χ3v) is 19.7. The van der Waals surface area contributed by atoms with Gasteiger partial charge in [-0.25, -0.2) is 0 Å². The van der Waals surface area contributed by atoms with E-state index < -0.39 is 0 Å². The number of hydrogen-bond donors (Lipinski definition) is 0. The molecule has 1 unspecified atom stereocenters. The van der Waals surface area contributed by atoms with E-state index in [0.717, 1.165) is 12.8 Å². The molecule has 4 heteroatoms. The van der Waals surface area contributed by atoms with E-state index >= 15 is 0 Å². The number of benzene rings is 7. The molecule has 0 saturated carbocycles. The summed E-state index contributed by atoms with van der Waals surface area (Å²) in [5.41, 5.74) is 26.1. The largest absolute Gasteiger partial charge is 0.311 e. The van der Waals surface area contributed by atoms with Gasteiger partial charge in [-0.05, 0) is 173 Å². The summed E-state index contributed by atoms with van der Waals surface area (Å²) >= 11 is 2.02. The predicted molar refractivity (Wildman–Crippen MR) is 318 cm³/mol. The number of nitrogens with zero attached hydrogens (tertiary/aromatic N) is 2. The van der Waals surface area contributed by atoms with Crippen molar-refractivity contribution in [3.63, 3.8) is 0 Å². The lowest BCUT2D eigenvalue weighted by Crippen LogP contribution is -2.62.